The lowest BCUT2D eigenvalue weighted by Crippen LogP contribution is -2.39. The van der Waals surface area contributed by atoms with Crippen LogP contribution < -0.4 is 11.3 Å². The Labute approximate surface area is 81.8 Å². The van der Waals surface area contributed by atoms with Gasteiger partial charge >= 0.3 is 6.18 Å². The van der Waals surface area contributed by atoms with Gasteiger partial charge in [0.05, 0.1) is 0 Å². The van der Waals surface area contributed by atoms with E-state index >= 15 is 0 Å². The molecule has 0 saturated heterocycles. The lowest BCUT2D eigenvalue weighted by Gasteiger charge is -2.20. The topological polar surface area (TPSA) is 38.0 Å². The molecular weight excluding hydrogens is 219 g/mol. The average molecular weight is 226 g/mol. The van der Waals surface area contributed by atoms with Crippen LogP contribution in [0.2, 0.25) is 0 Å². The molecule has 1 aromatic carbocycles. The van der Waals surface area contributed by atoms with Crippen molar-refractivity contribution in [2.45, 2.75) is 12.2 Å². The van der Waals surface area contributed by atoms with Gasteiger partial charge in [0.2, 0.25) is 0 Å². The third kappa shape index (κ3) is 2.42. The molecule has 7 heteroatoms. The summed E-state index contributed by atoms with van der Waals surface area (Å²) in [7, 11) is 0. The van der Waals surface area contributed by atoms with Crippen LogP contribution in [-0.4, -0.2) is 6.18 Å². The number of rotatable bonds is 2. The molecule has 0 aliphatic heterocycles. The van der Waals surface area contributed by atoms with E-state index in [1.54, 1.807) is 0 Å². The van der Waals surface area contributed by atoms with Gasteiger partial charge in [-0.15, -0.1) is 0 Å². The molecule has 1 atom stereocenters. The lowest BCUT2D eigenvalue weighted by molar-refractivity contribution is -0.158. The highest BCUT2D eigenvalue weighted by Gasteiger charge is 2.41. The van der Waals surface area contributed by atoms with E-state index in [9.17, 15) is 22.0 Å². The first-order valence-electron chi connectivity index (χ1n) is 3.84. The molecule has 84 valence electrons. The summed E-state index contributed by atoms with van der Waals surface area (Å²) in [6.07, 6.45) is -4.79. The van der Waals surface area contributed by atoms with Crippen LogP contribution in [0.15, 0.2) is 18.2 Å². The summed E-state index contributed by atoms with van der Waals surface area (Å²) in [6.45, 7) is 0. The molecule has 0 amide bonds. The Morgan fingerprint density at radius 3 is 2.27 bits per heavy atom. The summed E-state index contributed by atoms with van der Waals surface area (Å²) in [6, 6.07) is 0.0939. The van der Waals surface area contributed by atoms with Crippen LogP contribution in [0, 0.1) is 11.6 Å². The number of nitrogens with one attached hydrogen (secondary N) is 1. The van der Waals surface area contributed by atoms with Crippen LogP contribution in [0.5, 0.6) is 0 Å². The molecule has 3 N–H and O–H groups in total. The molecule has 0 heterocycles. The van der Waals surface area contributed by atoms with Gasteiger partial charge in [-0.3, -0.25) is 5.84 Å². The first kappa shape index (κ1) is 11.9. The molecule has 1 aromatic rings. The number of hydrazine groups is 1. The van der Waals surface area contributed by atoms with Gasteiger partial charge in [-0.1, -0.05) is 12.1 Å². The van der Waals surface area contributed by atoms with Gasteiger partial charge in [-0.25, -0.2) is 14.2 Å². The number of alkyl halides is 3. The van der Waals surface area contributed by atoms with Gasteiger partial charge in [0.1, 0.15) is 6.04 Å². The van der Waals surface area contributed by atoms with Crippen LogP contribution >= 0.6 is 0 Å². The lowest BCUT2D eigenvalue weighted by atomic mass is 10.1. The van der Waals surface area contributed by atoms with Crippen LogP contribution in [-0.2, 0) is 0 Å². The van der Waals surface area contributed by atoms with Gasteiger partial charge in [-0.05, 0) is 6.07 Å². The molecule has 1 rings (SSSR count). The number of hydrogen-bond donors (Lipinski definition) is 2. The third-order valence-corrected chi connectivity index (χ3v) is 1.79. The molecule has 0 fully saturated rings. The number of halogens is 5. The van der Waals surface area contributed by atoms with Crippen LogP contribution in [0.1, 0.15) is 11.6 Å². The Kier molecular flexibility index (Phi) is 3.25. The zero-order chi connectivity index (χ0) is 11.6. The molecule has 0 aliphatic rings. The first-order valence-corrected chi connectivity index (χ1v) is 3.84. The van der Waals surface area contributed by atoms with Gasteiger partial charge < -0.3 is 0 Å². The van der Waals surface area contributed by atoms with Crippen LogP contribution in [0.25, 0.3) is 0 Å². The minimum absolute atomic E-state index is 0.725. The largest absolute Gasteiger partial charge is 0.409 e. The fourth-order valence-corrected chi connectivity index (χ4v) is 1.10. The van der Waals surface area contributed by atoms with E-state index in [2.05, 4.69) is 5.84 Å². The van der Waals surface area contributed by atoms with Gasteiger partial charge in [0.25, 0.3) is 0 Å². The third-order valence-electron chi connectivity index (χ3n) is 1.79. The molecule has 1 unspecified atom stereocenters. The molecule has 15 heavy (non-hydrogen) atoms. The van der Waals surface area contributed by atoms with E-state index in [1.165, 1.54) is 5.43 Å². The van der Waals surface area contributed by atoms with Gasteiger partial charge in [0, 0.05) is 5.56 Å². The first-order chi connectivity index (χ1) is 6.88. The van der Waals surface area contributed by atoms with Crippen molar-refractivity contribution in [3.63, 3.8) is 0 Å². The smallest absolute Gasteiger partial charge is 0.271 e. The monoisotopic (exact) mass is 226 g/mol. The normalized spacial score (nSPS) is 14.0. The summed E-state index contributed by atoms with van der Waals surface area (Å²) in [5.74, 6) is 1.74. The van der Waals surface area contributed by atoms with E-state index < -0.39 is 29.4 Å². The number of hydrogen-bond acceptors (Lipinski definition) is 2. The predicted octanol–water partition coefficient (Wildman–Crippen LogP) is 2.03. The van der Waals surface area contributed by atoms with Gasteiger partial charge in [0.15, 0.2) is 11.6 Å². The highest BCUT2D eigenvalue weighted by Crippen LogP contribution is 2.33. The van der Waals surface area contributed by atoms with Crippen LogP contribution in [0.3, 0.4) is 0 Å². The zero-order valence-corrected chi connectivity index (χ0v) is 7.28. The standard InChI is InChI=1S/C8H7F5N2/c9-5-3-1-2-4(6(5)10)7(15-14)8(11,12)13/h1-3,7,15H,14H2. The highest BCUT2D eigenvalue weighted by atomic mass is 19.4. The Hall–Kier alpha value is -1.21. The molecule has 0 radical (unpaired) electrons. The van der Waals surface area contributed by atoms with Crippen molar-refractivity contribution in [2.24, 2.45) is 5.84 Å². The summed E-state index contributed by atoms with van der Waals surface area (Å²) in [5, 5.41) is 0. The SMILES string of the molecule is NNC(c1cccc(F)c1F)C(F)(F)F. The molecule has 0 spiro atoms. The molecule has 0 aromatic heterocycles. The van der Waals surface area contributed by atoms with Crippen molar-refractivity contribution in [2.75, 3.05) is 0 Å². The fourth-order valence-electron chi connectivity index (χ4n) is 1.10. The summed E-state index contributed by atoms with van der Waals surface area (Å²) >= 11 is 0. The van der Waals surface area contributed by atoms with Crippen molar-refractivity contribution < 1.29 is 22.0 Å². The average Bonchev–Trinajstić information content (AvgIpc) is 2.11. The molecule has 0 aliphatic carbocycles. The molecule has 0 bridgehead atoms. The molecular formula is C8H7F5N2. The Morgan fingerprint density at radius 2 is 1.80 bits per heavy atom. The second-order valence-electron chi connectivity index (χ2n) is 2.78. The van der Waals surface area contributed by atoms with Crippen molar-refractivity contribution in [1.82, 2.24) is 5.43 Å². The summed E-state index contributed by atoms with van der Waals surface area (Å²) in [4.78, 5) is 0. The molecule has 0 saturated carbocycles. The van der Waals surface area contributed by atoms with Crippen molar-refractivity contribution in [1.29, 1.82) is 0 Å². The van der Waals surface area contributed by atoms with Crippen molar-refractivity contribution in [3.05, 3.63) is 35.4 Å². The number of benzene rings is 1. The van der Waals surface area contributed by atoms with E-state index in [1.807, 2.05) is 0 Å². The maximum atomic E-state index is 13.0. The minimum atomic E-state index is -4.79. The van der Waals surface area contributed by atoms with Gasteiger partial charge in [-0.2, -0.15) is 13.2 Å². The molecule has 2 nitrogen and oxygen atoms in total. The van der Waals surface area contributed by atoms with Crippen LogP contribution in [0.4, 0.5) is 22.0 Å². The van der Waals surface area contributed by atoms with E-state index in [0.29, 0.717) is 0 Å². The van der Waals surface area contributed by atoms with E-state index in [0.717, 1.165) is 18.2 Å². The quantitative estimate of drug-likeness (QED) is 0.460. The second-order valence-corrected chi connectivity index (χ2v) is 2.78. The second kappa shape index (κ2) is 4.11. The van der Waals surface area contributed by atoms with E-state index in [4.69, 9.17) is 0 Å². The van der Waals surface area contributed by atoms with Crippen molar-refractivity contribution in [3.8, 4) is 0 Å². The summed E-state index contributed by atoms with van der Waals surface area (Å²) < 4.78 is 62.5. The Bertz CT molecular complexity index is 349. The fraction of sp³-hybridized carbons (Fsp3) is 0.250. The maximum Gasteiger partial charge on any atom is 0.409 e. The maximum absolute atomic E-state index is 13.0. The number of nitrogens with two attached hydrogens (primary N) is 1. The highest BCUT2D eigenvalue weighted by molar-refractivity contribution is 5.23. The Morgan fingerprint density at radius 1 is 1.20 bits per heavy atom. The predicted molar refractivity (Wildman–Crippen MR) is 42.5 cm³/mol. The Balaban J connectivity index is 3.19. The van der Waals surface area contributed by atoms with E-state index in [-0.39, 0.29) is 0 Å². The van der Waals surface area contributed by atoms with Crippen molar-refractivity contribution >= 4 is 0 Å². The minimum Gasteiger partial charge on any atom is -0.271 e. The summed E-state index contributed by atoms with van der Waals surface area (Å²) in [5.41, 5.74) is 0.524. The zero-order valence-electron chi connectivity index (χ0n) is 7.28.